The van der Waals surface area contributed by atoms with Gasteiger partial charge in [-0.25, -0.2) is 9.97 Å². The molecule has 0 aliphatic carbocycles. The molecule has 0 radical (unpaired) electrons. The molecule has 0 aliphatic heterocycles. The second-order valence-corrected chi connectivity index (χ2v) is 8.38. The number of pyridine rings is 1. The predicted octanol–water partition coefficient (Wildman–Crippen LogP) is 6.42. The van der Waals surface area contributed by atoms with Gasteiger partial charge < -0.3 is 10.6 Å². The molecule has 0 bridgehead atoms. The summed E-state index contributed by atoms with van der Waals surface area (Å²) in [4.78, 5) is 25.7. The Morgan fingerprint density at radius 1 is 1.03 bits per heavy atom. The second kappa shape index (κ2) is 11.0. The van der Waals surface area contributed by atoms with Crippen LogP contribution in [0.3, 0.4) is 0 Å². The zero-order valence-corrected chi connectivity index (χ0v) is 20.7. The van der Waals surface area contributed by atoms with Crippen LogP contribution in [0.4, 0.5) is 36.2 Å². The van der Waals surface area contributed by atoms with Crippen LogP contribution in [0.2, 0.25) is 0 Å². The summed E-state index contributed by atoms with van der Waals surface area (Å²) in [5.74, 6) is -0.383. The number of aromatic nitrogens is 3. The normalized spacial score (nSPS) is 11.4. The van der Waals surface area contributed by atoms with Crippen molar-refractivity contribution in [2.45, 2.75) is 13.1 Å². The van der Waals surface area contributed by atoms with Gasteiger partial charge in [0.1, 0.15) is 0 Å². The van der Waals surface area contributed by atoms with Crippen molar-refractivity contribution in [3.63, 3.8) is 0 Å². The third kappa shape index (κ3) is 6.46. The Morgan fingerprint density at radius 2 is 1.84 bits per heavy atom. The van der Waals surface area contributed by atoms with Crippen LogP contribution >= 0.6 is 0 Å². The molecule has 9 nitrogen and oxygen atoms in total. The Hall–Kier alpha value is -4.87. The molecule has 38 heavy (non-hydrogen) atoms. The van der Waals surface area contributed by atoms with Crippen LogP contribution in [0.5, 0.6) is 0 Å². The highest BCUT2D eigenvalue weighted by Gasteiger charge is 2.34. The fraction of sp³-hybridized carbons (Fsp3) is 0.154. The number of hydrogen-bond acceptors (Lipinski definition) is 7. The maximum absolute atomic E-state index is 13.6. The van der Waals surface area contributed by atoms with Crippen molar-refractivity contribution in [3.8, 4) is 11.3 Å². The number of alkyl halides is 3. The number of rotatable bonds is 7. The lowest BCUT2D eigenvalue weighted by Crippen LogP contribution is -2.14. The van der Waals surface area contributed by atoms with E-state index in [1.807, 2.05) is 13.0 Å². The summed E-state index contributed by atoms with van der Waals surface area (Å²) in [5, 5.41) is 14.3. The van der Waals surface area contributed by atoms with E-state index in [1.165, 1.54) is 25.2 Å². The van der Waals surface area contributed by atoms with E-state index in [0.29, 0.717) is 23.0 Å². The van der Waals surface area contributed by atoms with Crippen LogP contribution in [-0.2, 0) is 6.18 Å². The van der Waals surface area contributed by atoms with Gasteiger partial charge in [-0.3, -0.25) is 14.8 Å². The van der Waals surface area contributed by atoms with E-state index >= 15 is 0 Å². The smallest absolute Gasteiger partial charge is 0.324 e. The largest absolute Gasteiger partial charge is 0.418 e. The van der Waals surface area contributed by atoms with Gasteiger partial charge in [0.05, 0.1) is 16.9 Å². The van der Waals surface area contributed by atoms with E-state index in [-0.39, 0.29) is 5.56 Å². The Morgan fingerprint density at radius 3 is 2.55 bits per heavy atom. The number of benzene rings is 2. The molecule has 0 fully saturated rings. The second-order valence-electron chi connectivity index (χ2n) is 8.38. The molecule has 0 spiro atoms. The van der Waals surface area contributed by atoms with Crippen LogP contribution < -0.4 is 10.6 Å². The molecule has 0 aliphatic rings. The molecule has 2 heterocycles. The summed E-state index contributed by atoms with van der Waals surface area (Å²) in [5.41, 5.74) is 1.69. The highest BCUT2D eigenvalue weighted by Crippen LogP contribution is 2.37. The average Bonchev–Trinajstić information content (AvgIpc) is 2.89. The summed E-state index contributed by atoms with van der Waals surface area (Å²) in [6.07, 6.45) is 0.248. The molecule has 4 rings (SSSR count). The van der Waals surface area contributed by atoms with Crippen molar-refractivity contribution >= 4 is 28.9 Å². The van der Waals surface area contributed by atoms with Gasteiger partial charge in [-0.15, -0.1) is 5.11 Å². The molecule has 4 aromatic rings. The molecular formula is C26H23F3N8O. The molecule has 2 aromatic heterocycles. The van der Waals surface area contributed by atoms with Crippen LogP contribution in [0.25, 0.3) is 11.3 Å². The number of hydrogen-bond donors (Lipinski definition) is 2. The summed E-state index contributed by atoms with van der Waals surface area (Å²) in [6, 6.07) is 13.6. The van der Waals surface area contributed by atoms with Crippen molar-refractivity contribution < 1.29 is 18.0 Å². The zero-order valence-electron chi connectivity index (χ0n) is 20.7. The van der Waals surface area contributed by atoms with Crippen molar-refractivity contribution in [3.05, 3.63) is 89.9 Å². The molecular weight excluding hydrogens is 497 g/mol. The fourth-order valence-electron chi connectivity index (χ4n) is 3.38. The maximum atomic E-state index is 13.6. The van der Waals surface area contributed by atoms with Crippen LogP contribution in [0.15, 0.2) is 83.5 Å². The molecule has 0 unspecified atom stereocenters. The third-order valence-electron chi connectivity index (χ3n) is 5.25. The minimum atomic E-state index is -4.72. The lowest BCUT2D eigenvalue weighted by atomic mass is 10.1. The number of nitrogens with zero attached hydrogens (tertiary/aromatic N) is 6. The van der Waals surface area contributed by atoms with Crippen LogP contribution in [-0.4, -0.2) is 40.0 Å². The van der Waals surface area contributed by atoms with Crippen LogP contribution in [0, 0.1) is 6.92 Å². The quantitative estimate of drug-likeness (QED) is 0.215. The third-order valence-corrected chi connectivity index (χ3v) is 5.25. The molecule has 2 N–H and O–H groups in total. The minimum absolute atomic E-state index is 0.177. The van der Waals surface area contributed by atoms with Gasteiger partial charge in [0.2, 0.25) is 5.95 Å². The summed E-state index contributed by atoms with van der Waals surface area (Å²) < 4.78 is 40.8. The van der Waals surface area contributed by atoms with E-state index in [0.717, 1.165) is 23.3 Å². The van der Waals surface area contributed by atoms with Gasteiger partial charge in [0.25, 0.3) is 5.91 Å². The predicted molar refractivity (Wildman–Crippen MR) is 137 cm³/mol. The standard InChI is InChI=1S/C26H23F3N8O/c1-16-6-8-19(14-23(16)34-25-31-12-10-21(33-25)18-5-4-11-30-15-18)32-24(38)17-7-9-22(35-36-37(2)3)20(13-17)26(27,28)29/h4-15H,1-3H3,(H,32,38)(H,31,33,34). The average molecular weight is 521 g/mol. The molecule has 0 saturated heterocycles. The summed E-state index contributed by atoms with van der Waals surface area (Å²) in [6.45, 7) is 1.86. The van der Waals surface area contributed by atoms with Gasteiger partial charge in [-0.05, 0) is 61.0 Å². The van der Waals surface area contributed by atoms with E-state index < -0.39 is 23.3 Å². The number of carbonyl (C=O) groups excluding carboxylic acids is 1. The van der Waals surface area contributed by atoms with Gasteiger partial charge >= 0.3 is 6.18 Å². The van der Waals surface area contributed by atoms with Crippen molar-refractivity contribution in [1.82, 2.24) is 20.0 Å². The van der Waals surface area contributed by atoms with Crippen LogP contribution in [0.1, 0.15) is 21.5 Å². The first-order valence-corrected chi connectivity index (χ1v) is 11.3. The lowest BCUT2D eigenvalue weighted by molar-refractivity contribution is -0.137. The summed E-state index contributed by atoms with van der Waals surface area (Å²) in [7, 11) is 3.07. The number of halogens is 3. The Bertz CT molecular complexity index is 1470. The van der Waals surface area contributed by atoms with Gasteiger partial charge in [0.15, 0.2) is 0 Å². The van der Waals surface area contributed by atoms with Gasteiger partial charge in [-0.2, -0.15) is 13.2 Å². The first-order valence-electron chi connectivity index (χ1n) is 11.3. The number of anilines is 3. The summed E-state index contributed by atoms with van der Waals surface area (Å²) >= 11 is 0. The number of amides is 1. The van der Waals surface area contributed by atoms with E-state index in [2.05, 4.69) is 35.9 Å². The lowest BCUT2D eigenvalue weighted by Gasteiger charge is -2.14. The highest BCUT2D eigenvalue weighted by molar-refractivity contribution is 6.05. The maximum Gasteiger partial charge on any atom is 0.418 e. The Balaban J connectivity index is 1.55. The fourth-order valence-corrected chi connectivity index (χ4v) is 3.38. The Labute approximate surface area is 216 Å². The number of carbonyl (C=O) groups is 1. The van der Waals surface area contributed by atoms with Crippen molar-refractivity contribution in [2.75, 3.05) is 24.7 Å². The minimum Gasteiger partial charge on any atom is -0.324 e. The molecule has 1 amide bonds. The van der Waals surface area contributed by atoms with Gasteiger partial charge in [0, 0.05) is 55.2 Å². The monoisotopic (exact) mass is 520 g/mol. The zero-order chi connectivity index (χ0) is 27.3. The van der Waals surface area contributed by atoms with Gasteiger partial charge in [-0.1, -0.05) is 11.3 Å². The SMILES string of the molecule is Cc1ccc(NC(=O)c2ccc(N=NN(C)C)c(C(F)(F)F)c2)cc1Nc1nccc(-c2cccnc2)n1. The molecule has 0 saturated carbocycles. The van der Waals surface area contributed by atoms with E-state index in [4.69, 9.17) is 0 Å². The first kappa shape index (κ1) is 26.2. The topological polar surface area (TPSA) is 108 Å². The number of nitrogens with one attached hydrogen (secondary N) is 2. The van der Waals surface area contributed by atoms with Crippen molar-refractivity contribution in [2.24, 2.45) is 10.3 Å². The highest BCUT2D eigenvalue weighted by atomic mass is 19.4. The molecule has 12 heteroatoms. The Kier molecular flexibility index (Phi) is 7.61. The molecule has 194 valence electrons. The number of aryl methyl sites for hydroxylation is 1. The van der Waals surface area contributed by atoms with Crippen molar-refractivity contribution in [1.29, 1.82) is 0 Å². The molecule has 0 atom stereocenters. The first-order chi connectivity index (χ1) is 18.1. The van der Waals surface area contributed by atoms with E-state index in [1.54, 1.807) is 48.9 Å². The van der Waals surface area contributed by atoms with E-state index in [9.17, 15) is 18.0 Å². The molecule has 2 aromatic carbocycles.